The zero-order chi connectivity index (χ0) is 22.3. The van der Waals surface area contributed by atoms with Gasteiger partial charge in [-0.2, -0.15) is 4.31 Å². The third-order valence-corrected chi connectivity index (χ3v) is 7.21. The minimum Gasteiger partial charge on any atom is -0.456 e. The highest BCUT2D eigenvalue weighted by molar-refractivity contribution is 7.89. The maximum atomic E-state index is 12.9. The first-order chi connectivity index (χ1) is 15.4. The summed E-state index contributed by atoms with van der Waals surface area (Å²) >= 11 is 0. The molecule has 1 aromatic heterocycles. The molecule has 8 nitrogen and oxygen atoms in total. The minimum absolute atomic E-state index is 0.0314. The Bertz CT molecular complexity index is 1480. The zero-order valence-electron chi connectivity index (χ0n) is 16.9. The molecular formula is C23H19N3O5S. The van der Waals surface area contributed by atoms with Crippen molar-refractivity contribution in [2.45, 2.75) is 4.90 Å². The number of rotatable bonds is 4. The number of piperazine rings is 1. The molecule has 162 valence electrons. The number of hydrogen-bond acceptors (Lipinski definition) is 5. The summed E-state index contributed by atoms with van der Waals surface area (Å²) in [5.41, 5.74) is 2.23. The van der Waals surface area contributed by atoms with Gasteiger partial charge in [-0.15, -0.1) is 0 Å². The first-order valence-electron chi connectivity index (χ1n) is 10.0. The van der Waals surface area contributed by atoms with Gasteiger partial charge in [0.1, 0.15) is 11.2 Å². The van der Waals surface area contributed by atoms with Gasteiger partial charge in [0.25, 0.3) is 5.91 Å². The number of anilines is 1. The van der Waals surface area contributed by atoms with Crippen molar-refractivity contribution in [2.75, 3.05) is 25.0 Å². The molecule has 2 amide bonds. The van der Waals surface area contributed by atoms with Crippen LogP contribution < -0.4 is 10.6 Å². The molecule has 1 aliphatic heterocycles. The second-order valence-electron chi connectivity index (χ2n) is 7.48. The average molecular weight is 449 g/mol. The van der Waals surface area contributed by atoms with Crippen LogP contribution in [0, 0.1) is 0 Å². The van der Waals surface area contributed by atoms with Gasteiger partial charge in [-0.05, 0) is 42.5 Å². The Morgan fingerprint density at radius 2 is 1.78 bits per heavy atom. The van der Waals surface area contributed by atoms with E-state index in [0.717, 1.165) is 20.7 Å². The fraction of sp³-hybridized carbons (Fsp3) is 0.130. The number of para-hydroxylation sites is 1. The lowest BCUT2D eigenvalue weighted by Crippen LogP contribution is -2.49. The molecule has 1 saturated heterocycles. The molecular weight excluding hydrogens is 430 g/mol. The van der Waals surface area contributed by atoms with E-state index in [0.29, 0.717) is 11.3 Å². The second kappa shape index (κ2) is 7.77. The first-order valence-corrected chi connectivity index (χ1v) is 11.5. The molecule has 2 heterocycles. The molecule has 0 spiro atoms. The lowest BCUT2D eigenvalue weighted by molar-refractivity contribution is -0.122. The van der Waals surface area contributed by atoms with Gasteiger partial charge in [0.15, 0.2) is 0 Å². The van der Waals surface area contributed by atoms with Gasteiger partial charge in [-0.3, -0.25) is 9.59 Å². The van der Waals surface area contributed by atoms with Crippen molar-refractivity contribution in [3.05, 3.63) is 72.3 Å². The number of carbonyl (C=O) groups is 2. The SMILES string of the molecule is O=C1CN(S(=O)(=O)c2cccc(C(=O)Nc3ccc4oc5ccccc5c4c3)c2)CCN1. The third-order valence-electron chi connectivity index (χ3n) is 5.37. The van der Waals surface area contributed by atoms with Crippen molar-refractivity contribution < 1.29 is 22.4 Å². The van der Waals surface area contributed by atoms with Crippen LogP contribution >= 0.6 is 0 Å². The highest BCUT2D eigenvalue weighted by Crippen LogP contribution is 2.30. The maximum absolute atomic E-state index is 12.9. The van der Waals surface area contributed by atoms with Gasteiger partial charge in [0.05, 0.1) is 11.4 Å². The molecule has 9 heteroatoms. The first kappa shape index (κ1) is 20.2. The summed E-state index contributed by atoms with van der Waals surface area (Å²) in [6.07, 6.45) is 0. The van der Waals surface area contributed by atoms with E-state index in [-0.39, 0.29) is 36.0 Å². The molecule has 5 rings (SSSR count). The normalized spacial score (nSPS) is 15.1. The standard InChI is InChI=1S/C23H19N3O5S/c27-22-14-26(11-10-24-22)32(29,30)17-5-3-4-15(12-17)23(28)25-16-8-9-21-19(13-16)18-6-1-2-7-20(18)31-21/h1-9,12-13H,10-11,14H2,(H,24,27)(H,25,28). The van der Waals surface area contributed by atoms with Crippen molar-refractivity contribution >= 4 is 49.5 Å². The fourth-order valence-corrected chi connectivity index (χ4v) is 5.22. The van der Waals surface area contributed by atoms with Gasteiger partial charge >= 0.3 is 0 Å². The number of fused-ring (bicyclic) bond motifs is 3. The predicted molar refractivity (Wildman–Crippen MR) is 120 cm³/mol. The van der Waals surface area contributed by atoms with Gasteiger partial charge < -0.3 is 15.1 Å². The third kappa shape index (κ3) is 3.61. The summed E-state index contributed by atoms with van der Waals surface area (Å²) in [7, 11) is -3.89. The van der Waals surface area contributed by atoms with E-state index >= 15 is 0 Å². The summed E-state index contributed by atoms with van der Waals surface area (Å²) in [4.78, 5) is 24.4. The van der Waals surface area contributed by atoms with E-state index in [1.165, 1.54) is 18.2 Å². The Balaban J connectivity index is 1.41. The summed E-state index contributed by atoms with van der Waals surface area (Å²) in [5, 5.41) is 7.23. The number of amides is 2. The van der Waals surface area contributed by atoms with Crippen LogP contribution in [0.5, 0.6) is 0 Å². The van der Waals surface area contributed by atoms with Crippen LogP contribution in [0.2, 0.25) is 0 Å². The summed E-state index contributed by atoms with van der Waals surface area (Å²) in [6, 6.07) is 18.8. The lowest BCUT2D eigenvalue weighted by atomic mass is 10.1. The molecule has 3 aromatic carbocycles. The Labute approximate surface area is 183 Å². The molecule has 32 heavy (non-hydrogen) atoms. The highest BCUT2D eigenvalue weighted by atomic mass is 32.2. The minimum atomic E-state index is -3.89. The van der Waals surface area contributed by atoms with E-state index in [9.17, 15) is 18.0 Å². The molecule has 0 atom stereocenters. The molecule has 0 radical (unpaired) electrons. The molecule has 0 bridgehead atoms. The van der Waals surface area contributed by atoms with Gasteiger partial charge in [0, 0.05) is 35.1 Å². The Morgan fingerprint density at radius 3 is 2.62 bits per heavy atom. The zero-order valence-corrected chi connectivity index (χ0v) is 17.7. The maximum Gasteiger partial charge on any atom is 0.255 e. The van der Waals surface area contributed by atoms with E-state index in [1.807, 2.05) is 30.3 Å². The molecule has 1 aliphatic rings. The number of sulfonamides is 1. The van der Waals surface area contributed by atoms with Crippen LogP contribution in [0.3, 0.4) is 0 Å². The Hall–Kier alpha value is -3.69. The summed E-state index contributed by atoms with van der Waals surface area (Å²) < 4.78 is 32.7. The average Bonchev–Trinajstić information content (AvgIpc) is 3.17. The van der Waals surface area contributed by atoms with E-state index in [2.05, 4.69) is 10.6 Å². The number of nitrogens with one attached hydrogen (secondary N) is 2. The molecule has 4 aromatic rings. The summed E-state index contributed by atoms with van der Waals surface area (Å²) in [5.74, 6) is -0.790. The number of nitrogens with zero attached hydrogens (tertiary/aromatic N) is 1. The van der Waals surface area contributed by atoms with Crippen LogP contribution in [0.4, 0.5) is 5.69 Å². The Morgan fingerprint density at radius 1 is 0.969 bits per heavy atom. The largest absolute Gasteiger partial charge is 0.456 e. The van der Waals surface area contributed by atoms with Crippen LogP contribution in [0.25, 0.3) is 21.9 Å². The van der Waals surface area contributed by atoms with E-state index in [4.69, 9.17) is 4.42 Å². The number of furan rings is 1. The van der Waals surface area contributed by atoms with Crippen molar-refractivity contribution in [3.63, 3.8) is 0 Å². The Kier molecular flexibility index (Phi) is 4.91. The van der Waals surface area contributed by atoms with Crippen LogP contribution in [-0.2, 0) is 14.8 Å². The quantitative estimate of drug-likeness (QED) is 0.498. The van der Waals surface area contributed by atoms with Crippen LogP contribution in [0.1, 0.15) is 10.4 Å². The van der Waals surface area contributed by atoms with Crippen LogP contribution in [-0.4, -0.2) is 44.2 Å². The molecule has 0 aliphatic carbocycles. The molecule has 0 saturated carbocycles. The lowest BCUT2D eigenvalue weighted by Gasteiger charge is -2.26. The van der Waals surface area contributed by atoms with Gasteiger partial charge in [0.2, 0.25) is 15.9 Å². The van der Waals surface area contributed by atoms with Gasteiger partial charge in [-0.25, -0.2) is 8.42 Å². The smallest absolute Gasteiger partial charge is 0.255 e. The molecule has 1 fully saturated rings. The fourth-order valence-electron chi connectivity index (χ4n) is 3.77. The van der Waals surface area contributed by atoms with Crippen molar-refractivity contribution in [2.24, 2.45) is 0 Å². The molecule has 2 N–H and O–H groups in total. The number of hydrogen-bond donors (Lipinski definition) is 2. The van der Waals surface area contributed by atoms with Crippen molar-refractivity contribution in [3.8, 4) is 0 Å². The summed E-state index contributed by atoms with van der Waals surface area (Å²) in [6.45, 7) is 0.198. The van der Waals surface area contributed by atoms with E-state index in [1.54, 1.807) is 18.2 Å². The van der Waals surface area contributed by atoms with Crippen LogP contribution in [0.15, 0.2) is 76.0 Å². The van der Waals surface area contributed by atoms with E-state index < -0.39 is 15.9 Å². The van der Waals surface area contributed by atoms with Crippen molar-refractivity contribution in [1.82, 2.24) is 9.62 Å². The van der Waals surface area contributed by atoms with Gasteiger partial charge in [-0.1, -0.05) is 24.3 Å². The predicted octanol–water partition coefficient (Wildman–Crippen LogP) is 2.96. The topological polar surface area (TPSA) is 109 Å². The second-order valence-corrected chi connectivity index (χ2v) is 9.42. The number of carbonyl (C=O) groups excluding carboxylic acids is 2. The number of benzene rings is 3. The van der Waals surface area contributed by atoms with Crippen molar-refractivity contribution in [1.29, 1.82) is 0 Å². The molecule has 0 unspecified atom stereocenters. The monoisotopic (exact) mass is 449 g/mol. The highest BCUT2D eigenvalue weighted by Gasteiger charge is 2.29.